The zero-order valence-corrected chi connectivity index (χ0v) is 16.6. The Kier molecular flexibility index (Phi) is 6.81. The lowest BCUT2D eigenvalue weighted by Gasteiger charge is -2.15. The Hall–Kier alpha value is -2.58. The van der Waals surface area contributed by atoms with E-state index in [1.54, 1.807) is 12.1 Å². The Bertz CT molecular complexity index is 908. The molecule has 0 atom stereocenters. The lowest BCUT2D eigenvalue weighted by Crippen LogP contribution is -2.23. The van der Waals surface area contributed by atoms with Gasteiger partial charge in [-0.1, -0.05) is 18.2 Å². The van der Waals surface area contributed by atoms with Crippen LogP contribution in [0.15, 0.2) is 47.4 Å². The van der Waals surface area contributed by atoms with Crippen LogP contribution >= 0.6 is 0 Å². The molecule has 0 heterocycles. The van der Waals surface area contributed by atoms with Crippen molar-refractivity contribution in [3.05, 3.63) is 53.6 Å². The molecule has 2 aromatic carbocycles. The number of hydrogen-bond acceptors (Lipinski definition) is 6. The van der Waals surface area contributed by atoms with Crippen LogP contribution in [-0.4, -0.2) is 46.5 Å². The standard InChI is InChI=1S/C19H23NO6S/c1-5-25-16-9-7-6-8-15(16)13-26-19(21)14-10-11-17(24-4)18(12-14)27(22,23)20(2)3/h6-12H,5,13H2,1-4H3. The molecular formula is C19H23NO6S. The normalized spacial score (nSPS) is 11.3. The fraction of sp³-hybridized carbons (Fsp3) is 0.316. The zero-order valence-electron chi connectivity index (χ0n) is 15.8. The van der Waals surface area contributed by atoms with Gasteiger partial charge in [0, 0.05) is 19.7 Å². The SMILES string of the molecule is CCOc1ccccc1COC(=O)c1ccc(OC)c(S(=O)(=O)N(C)C)c1. The van der Waals surface area contributed by atoms with Gasteiger partial charge in [-0.3, -0.25) is 0 Å². The van der Waals surface area contributed by atoms with Crippen LogP contribution < -0.4 is 9.47 Å². The quantitative estimate of drug-likeness (QED) is 0.642. The second kappa shape index (κ2) is 8.88. The Balaban J connectivity index is 2.25. The summed E-state index contributed by atoms with van der Waals surface area (Å²) >= 11 is 0. The molecule has 0 saturated carbocycles. The van der Waals surface area contributed by atoms with Crippen LogP contribution in [0.3, 0.4) is 0 Å². The first kappa shape index (κ1) is 20.7. The highest BCUT2D eigenvalue weighted by Crippen LogP contribution is 2.27. The van der Waals surface area contributed by atoms with Gasteiger partial charge in [-0.2, -0.15) is 0 Å². The van der Waals surface area contributed by atoms with Crippen molar-refractivity contribution in [1.82, 2.24) is 4.31 Å². The van der Waals surface area contributed by atoms with Crippen molar-refractivity contribution in [1.29, 1.82) is 0 Å². The summed E-state index contributed by atoms with van der Waals surface area (Å²) in [5.74, 6) is 0.152. The molecule has 0 radical (unpaired) electrons. The summed E-state index contributed by atoms with van der Waals surface area (Å²) in [5.41, 5.74) is 0.840. The summed E-state index contributed by atoms with van der Waals surface area (Å²) < 4.78 is 41.9. The van der Waals surface area contributed by atoms with E-state index in [1.165, 1.54) is 39.4 Å². The number of para-hydroxylation sites is 1. The number of sulfonamides is 1. The first-order valence-corrected chi connectivity index (χ1v) is 9.73. The Morgan fingerprint density at radius 3 is 2.41 bits per heavy atom. The summed E-state index contributed by atoms with van der Waals surface area (Å²) in [5, 5.41) is 0. The molecule has 0 aliphatic rings. The third-order valence-corrected chi connectivity index (χ3v) is 5.63. The molecule has 0 aromatic heterocycles. The van der Waals surface area contributed by atoms with Crippen molar-refractivity contribution >= 4 is 16.0 Å². The van der Waals surface area contributed by atoms with Crippen LogP contribution in [0.2, 0.25) is 0 Å². The first-order chi connectivity index (χ1) is 12.8. The lowest BCUT2D eigenvalue weighted by atomic mass is 10.2. The molecule has 0 N–H and O–H groups in total. The molecule has 27 heavy (non-hydrogen) atoms. The van der Waals surface area contributed by atoms with E-state index in [-0.39, 0.29) is 22.8 Å². The van der Waals surface area contributed by atoms with Crippen molar-refractivity contribution in [3.63, 3.8) is 0 Å². The average molecular weight is 393 g/mol. The number of methoxy groups -OCH3 is 1. The molecular weight excluding hydrogens is 370 g/mol. The van der Waals surface area contributed by atoms with Gasteiger partial charge < -0.3 is 14.2 Å². The number of rotatable bonds is 8. The minimum atomic E-state index is -3.78. The smallest absolute Gasteiger partial charge is 0.338 e. The van der Waals surface area contributed by atoms with Crippen LogP contribution in [-0.2, 0) is 21.4 Å². The van der Waals surface area contributed by atoms with Crippen molar-refractivity contribution in [2.45, 2.75) is 18.4 Å². The van der Waals surface area contributed by atoms with Gasteiger partial charge in [0.15, 0.2) is 0 Å². The van der Waals surface area contributed by atoms with Crippen molar-refractivity contribution in [3.8, 4) is 11.5 Å². The predicted molar refractivity (Wildman–Crippen MR) is 101 cm³/mol. The Labute approximate surface area is 159 Å². The topological polar surface area (TPSA) is 82.1 Å². The second-order valence-electron chi connectivity index (χ2n) is 5.77. The maximum Gasteiger partial charge on any atom is 0.338 e. The molecule has 0 unspecified atom stereocenters. The van der Waals surface area contributed by atoms with Crippen LogP contribution in [0, 0.1) is 0 Å². The molecule has 0 bridgehead atoms. The van der Waals surface area contributed by atoms with E-state index in [9.17, 15) is 13.2 Å². The summed E-state index contributed by atoms with van der Waals surface area (Å²) in [6.07, 6.45) is 0. The lowest BCUT2D eigenvalue weighted by molar-refractivity contribution is 0.0469. The van der Waals surface area contributed by atoms with Gasteiger partial charge in [0.25, 0.3) is 0 Å². The second-order valence-corrected chi connectivity index (χ2v) is 7.89. The molecule has 2 aromatic rings. The Morgan fingerprint density at radius 2 is 1.78 bits per heavy atom. The van der Waals surface area contributed by atoms with E-state index < -0.39 is 16.0 Å². The van der Waals surface area contributed by atoms with Gasteiger partial charge in [0.1, 0.15) is 23.0 Å². The van der Waals surface area contributed by atoms with Crippen molar-refractivity contribution in [2.24, 2.45) is 0 Å². The van der Waals surface area contributed by atoms with E-state index in [1.807, 2.05) is 19.1 Å². The van der Waals surface area contributed by atoms with Gasteiger partial charge >= 0.3 is 5.97 Å². The number of hydrogen-bond donors (Lipinski definition) is 0. The fourth-order valence-corrected chi connectivity index (χ4v) is 3.42. The maximum atomic E-state index is 12.5. The molecule has 2 rings (SSSR count). The number of nitrogens with zero attached hydrogens (tertiary/aromatic N) is 1. The highest BCUT2D eigenvalue weighted by atomic mass is 32.2. The number of benzene rings is 2. The largest absolute Gasteiger partial charge is 0.495 e. The number of ether oxygens (including phenoxy) is 3. The summed E-state index contributed by atoms with van der Waals surface area (Å²) in [6, 6.07) is 11.4. The van der Waals surface area contributed by atoms with Gasteiger partial charge in [0.2, 0.25) is 10.0 Å². The number of esters is 1. The number of carbonyl (C=O) groups is 1. The maximum absolute atomic E-state index is 12.5. The zero-order chi connectivity index (χ0) is 20.0. The summed E-state index contributed by atoms with van der Waals surface area (Å²) in [6.45, 7) is 2.37. The molecule has 146 valence electrons. The monoisotopic (exact) mass is 393 g/mol. The molecule has 8 heteroatoms. The minimum absolute atomic E-state index is 0.0107. The molecule has 0 spiro atoms. The minimum Gasteiger partial charge on any atom is -0.495 e. The molecule has 0 saturated heterocycles. The molecule has 0 aliphatic carbocycles. The average Bonchev–Trinajstić information content (AvgIpc) is 2.66. The van der Waals surface area contributed by atoms with Gasteiger partial charge in [-0.25, -0.2) is 17.5 Å². The van der Waals surface area contributed by atoms with Gasteiger partial charge in [-0.15, -0.1) is 0 Å². The summed E-state index contributed by atoms with van der Waals surface area (Å²) in [4.78, 5) is 12.3. The van der Waals surface area contributed by atoms with E-state index in [0.717, 1.165) is 9.87 Å². The first-order valence-electron chi connectivity index (χ1n) is 8.29. The fourth-order valence-electron chi connectivity index (χ4n) is 2.35. The highest BCUT2D eigenvalue weighted by Gasteiger charge is 2.24. The number of carbonyl (C=O) groups excluding carboxylic acids is 1. The van der Waals surface area contributed by atoms with Crippen LogP contribution in [0.1, 0.15) is 22.8 Å². The van der Waals surface area contributed by atoms with E-state index in [4.69, 9.17) is 14.2 Å². The van der Waals surface area contributed by atoms with Crippen LogP contribution in [0.4, 0.5) is 0 Å². The van der Waals surface area contributed by atoms with E-state index >= 15 is 0 Å². The molecule has 0 aliphatic heterocycles. The predicted octanol–water partition coefficient (Wildman–Crippen LogP) is 2.70. The third-order valence-electron chi connectivity index (χ3n) is 3.79. The van der Waals surface area contributed by atoms with Crippen molar-refractivity contribution in [2.75, 3.05) is 27.8 Å². The molecule has 0 amide bonds. The van der Waals surface area contributed by atoms with Crippen LogP contribution in [0.5, 0.6) is 11.5 Å². The van der Waals surface area contributed by atoms with E-state index in [2.05, 4.69) is 0 Å². The molecule has 7 nitrogen and oxygen atoms in total. The van der Waals surface area contributed by atoms with Crippen LogP contribution in [0.25, 0.3) is 0 Å². The third kappa shape index (κ3) is 4.78. The van der Waals surface area contributed by atoms with Gasteiger partial charge in [0.05, 0.1) is 19.3 Å². The highest BCUT2D eigenvalue weighted by molar-refractivity contribution is 7.89. The van der Waals surface area contributed by atoms with Crippen molar-refractivity contribution < 1.29 is 27.4 Å². The molecule has 0 fully saturated rings. The van der Waals surface area contributed by atoms with E-state index in [0.29, 0.717) is 12.4 Å². The Morgan fingerprint density at radius 1 is 1.07 bits per heavy atom. The van der Waals surface area contributed by atoms with Gasteiger partial charge in [-0.05, 0) is 31.2 Å². The summed E-state index contributed by atoms with van der Waals surface area (Å²) in [7, 11) is 0.406.